The van der Waals surface area contributed by atoms with E-state index in [-0.39, 0.29) is 31.2 Å². The highest BCUT2D eigenvalue weighted by Gasteiger charge is 2.28. The molecule has 0 saturated heterocycles. The minimum absolute atomic E-state index is 0.0475. The van der Waals surface area contributed by atoms with Gasteiger partial charge in [0.1, 0.15) is 13.2 Å². The Balaban J connectivity index is 1.47. The fourth-order valence-corrected chi connectivity index (χ4v) is 4.36. The third kappa shape index (κ3) is 5.33. The van der Waals surface area contributed by atoms with Gasteiger partial charge in [-0.3, -0.25) is 4.79 Å². The molecule has 0 heterocycles. The molecule has 8 nitrogen and oxygen atoms in total. The fraction of sp³-hybridized carbons (Fsp3) is 0.300. The summed E-state index contributed by atoms with van der Waals surface area (Å²) < 4.78 is 30.5. The van der Waals surface area contributed by atoms with Crippen molar-refractivity contribution in [1.82, 2.24) is 10.0 Å². The molecule has 3 rings (SSSR count). The molecule has 1 aliphatic carbocycles. The Morgan fingerprint density at radius 2 is 1.59 bits per heavy atom. The molecule has 29 heavy (non-hydrogen) atoms. The SMILES string of the molecule is O=C(O)CNS(=O)(=O)CCCNC(=O)OCC1c2ccccc2-c2ccccc21. The molecule has 0 bridgehead atoms. The Bertz CT molecular complexity index is 960. The van der Waals surface area contributed by atoms with Crippen molar-refractivity contribution in [3.05, 3.63) is 59.7 Å². The van der Waals surface area contributed by atoms with Crippen molar-refractivity contribution in [3.8, 4) is 11.1 Å². The second-order valence-corrected chi connectivity index (χ2v) is 8.57. The highest BCUT2D eigenvalue weighted by atomic mass is 32.2. The number of amides is 1. The largest absolute Gasteiger partial charge is 0.480 e. The number of carboxylic acid groups (broad SMARTS) is 1. The third-order valence-corrected chi connectivity index (χ3v) is 6.06. The van der Waals surface area contributed by atoms with E-state index in [2.05, 4.69) is 5.32 Å². The van der Waals surface area contributed by atoms with Crippen LogP contribution in [0.2, 0.25) is 0 Å². The van der Waals surface area contributed by atoms with E-state index < -0.39 is 28.6 Å². The number of rotatable bonds is 9. The number of alkyl carbamates (subject to hydrolysis) is 1. The lowest BCUT2D eigenvalue weighted by molar-refractivity contribution is -0.135. The fourth-order valence-electron chi connectivity index (χ4n) is 3.35. The van der Waals surface area contributed by atoms with Crippen molar-refractivity contribution >= 4 is 22.1 Å². The van der Waals surface area contributed by atoms with E-state index >= 15 is 0 Å². The molecule has 0 atom stereocenters. The molecule has 0 fully saturated rings. The molecule has 1 aliphatic rings. The van der Waals surface area contributed by atoms with Crippen LogP contribution in [0.5, 0.6) is 0 Å². The monoisotopic (exact) mass is 418 g/mol. The van der Waals surface area contributed by atoms with Crippen molar-refractivity contribution in [2.24, 2.45) is 0 Å². The summed E-state index contributed by atoms with van der Waals surface area (Å²) in [4.78, 5) is 22.4. The topological polar surface area (TPSA) is 122 Å². The van der Waals surface area contributed by atoms with Gasteiger partial charge in [0.05, 0.1) is 5.75 Å². The van der Waals surface area contributed by atoms with E-state index in [1.165, 1.54) is 0 Å². The summed E-state index contributed by atoms with van der Waals surface area (Å²) >= 11 is 0. The summed E-state index contributed by atoms with van der Waals surface area (Å²) in [5.41, 5.74) is 4.49. The minimum atomic E-state index is -3.69. The quantitative estimate of drug-likeness (QED) is 0.535. The molecule has 9 heteroatoms. The maximum atomic E-state index is 12.0. The van der Waals surface area contributed by atoms with Gasteiger partial charge in [-0.05, 0) is 28.7 Å². The zero-order valence-electron chi connectivity index (χ0n) is 15.6. The van der Waals surface area contributed by atoms with E-state index in [0.29, 0.717) is 0 Å². The lowest BCUT2D eigenvalue weighted by Crippen LogP contribution is -2.33. The summed E-state index contributed by atoms with van der Waals surface area (Å²) in [7, 11) is -3.69. The zero-order valence-corrected chi connectivity index (χ0v) is 16.4. The number of nitrogens with one attached hydrogen (secondary N) is 2. The first-order chi connectivity index (χ1) is 13.9. The molecule has 154 valence electrons. The van der Waals surface area contributed by atoms with Gasteiger partial charge in [-0.1, -0.05) is 48.5 Å². The molecule has 2 aromatic carbocycles. The van der Waals surface area contributed by atoms with Crippen LogP contribution in [0.4, 0.5) is 4.79 Å². The second kappa shape index (κ2) is 9.06. The molecule has 0 saturated carbocycles. The standard InChI is InChI=1S/C20H22N2O6S/c23-19(24)12-22-29(26,27)11-5-10-21-20(25)28-13-18-16-8-3-1-6-14(16)15-7-2-4-9-17(15)18/h1-4,6-9,18,22H,5,10-13H2,(H,21,25)(H,23,24). The van der Waals surface area contributed by atoms with Crippen LogP contribution in [-0.2, 0) is 19.6 Å². The van der Waals surface area contributed by atoms with Gasteiger partial charge >= 0.3 is 12.1 Å². The van der Waals surface area contributed by atoms with E-state index in [1.807, 2.05) is 53.3 Å². The molecule has 3 N–H and O–H groups in total. The smallest absolute Gasteiger partial charge is 0.407 e. The van der Waals surface area contributed by atoms with Crippen molar-refractivity contribution in [2.75, 3.05) is 25.4 Å². The van der Waals surface area contributed by atoms with Gasteiger partial charge in [-0.25, -0.2) is 17.9 Å². The molecule has 0 aliphatic heterocycles. The van der Waals surface area contributed by atoms with Crippen molar-refractivity contribution < 1.29 is 27.9 Å². The molecule has 0 unspecified atom stereocenters. The van der Waals surface area contributed by atoms with Crippen LogP contribution in [0.3, 0.4) is 0 Å². The van der Waals surface area contributed by atoms with Crippen LogP contribution >= 0.6 is 0 Å². The third-order valence-electron chi connectivity index (χ3n) is 4.65. The molecule has 2 aromatic rings. The summed E-state index contributed by atoms with van der Waals surface area (Å²) in [6.45, 7) is -0.384. The number of ether oxygens (including phenoxy) is 1. The Morgan fingerprint density at radius 3 is 2.17 bits per heavy atom. The average Bonchev–Trinajstić information content (AvgIpc) is 3.02. The van der Waals surface area contributed by atoms with Gasteiger partial charge in [0, 0.05) is 12.5 Å². The van der Waals surface area contributed by atoms with Crippen LogP contribution in [0.15, 0.2) is 48.5 Å². The van der Waals surface area contributed by atoms with Gasteiger partial charge in [-0.15, -0.1) is 0 Å². The maximum Gasteiger partial charge on any atom is 0.407 e. The van der Waals surface area contributed by atoms with Crippen molar-refractivity contribution in [2.45, 2.75) is 12.3 Å². The zero-order chi connectivity index (χ0) is 20.9. The first-order valence-electron chi connectivity index (χ1n) is 9.15. The van der Waals surface area contributed by atoms with Crippen LogP contribution in [-0.4, -0.2) is 51.0 Å². The summed E-state index contributed by atoms with van der Waals surface area (Å²) in [5, 5.41) is 11.0. The molecule has 0 radical (unpaired) electrons. The van der Waals surface area contributed by atoms with Gasteiger partial charge in [0.25, 0.3) is 0 Å². The normalized spacial score (nSPS) is 12.8. The highest BCUT2D eigenvalue weighted by molar-refractivity contribution is 7.89. The Hall–Kier alpha value is -2.91. The van der Waals surface area contributed by atoms with E-state index in [0.717, 1.165) is 22.3 Å². The van der Waals surface area contributed by atoms with Crippen LogP contribution < -0.4 is 10.0 Å². The first-order valence-corrected chi connectivity index (χ1v) is 10.8. The van der Waals surface area contributed by atoms with E-state index in [1.54, 1.807) is 0 Å². The number of sulfonamides is 1. The number of carbonyl (C=O) groups excluding carboxylic acids is 1. The predicted octanol–water partition coefficient (Wildman–Crippen LogP) is 1.92. The molecular weight excluding hydrogens is 396 g/mol. The molecule has 1 amide bonds. The summed E-state index contributed by atoms with van der Waals surface area (Å²) in [6.07, 6.45) is -0.484. The number of hydrogen-bond acceptors (Lipinski definition) is 5. The Kier molecular flexibility index (Phi) is 6.50. The van der Waals surface area contributed by atoms with Crippen molar-refractivity contribution in [3.63, 3.8) is 0 Å². The lowest BCUT2D eigenvalue weighted by atomic mass is 9.98. The number of fused-ring (bicyclic) bond motifs is 3. The number of carboxylic acids is 1. The number of hydrogen-bond donors (Lipinski definition) is 3. The minimum Gasteiger partial charge on any atom is -0.480 e. The summed E-state index contributed by atoms with van der Waals surface area (Å²) in [5.74, 6) is -1.59. The number of benzene rings is 2. The highest BCUT2D eigenvalue weighted by Crippen LogP contribution is 2.44. The second-order valence-electron chi connectivity index (χ2n) is 6.64. The molecular formula is C20H22N2O6S. The van der Waals surface area contributed by atoms with Crippen molar-refractivity contribution in [1.29, 1.82) is 0 Å². The lowest BCUT2D eigenvalue weighted by Gasteiger charge is -2.14. The van der Waals surface area contributed by atoms with Crippen LogP contribution in [0.1, 0.15) is 23.5 Å². The van der Waals surface area contributed by atoms with E-state index in [4.69, 9.17) is 9.84 Å². The van der Waals surface area contributed by atoms with Gasteiger partial charge < -0.3 is 15.2 Å². The van der Waals surface area contributed by atoms with Gasteiger partial charge in [-0.2, -0.15) is 0 Å². The van der Waals surface area contributed by atoms with Crippen LogP contribution in [0, 0.1) is 0 Å². The molecule has 0 spiro atoms. The van der Waals surface area contributed by atoms with Gasteiger partial charge in [0.2, 0.25) is 10.0 Å². The Morgan fingerprint density at radius 1 is 1.00 bits per heavy atom. The summed E-state index contributed by atoms with van der Waals surface area (Å²) in [6, 6.07) is 16.0. The number of carbonyl (C=O) groups is 2. The predicted molar refractivity (Wildman–Crippen MR) is 107 cm³/mol. The van der Waals surface area contributed by atoms with E-state index in [9.17, 15) is 18.0 Å². The average molecular weight is 418 g/mol. The number of aliphatic carboxylic acids is 1. The first kappa shape index (κ1) is 20.8. The maximum absolute atomic E-state index is 12.0. The molecule has 0 aromatic heterocycles. The van der Waals surface area contributed by atoms with Crippen LogP contribution in [0.25, 0.3) is 11.1 Å². The van der Waals surface area contributed by atoms with Gasteiger partial charge in [0.15, 0.2) is 0 Å². The Labute approximate surface area is 168 Å².